The van der Waals surface area contributed by atoms with E-state index in [0.29, 0.717) is 0 Å². The quantitative estimate of drug-likeness (QED) is 0.401. The molecule has 2 amide bonds. The number of imide groups is 1. The molecule has 0 bridgehead atoms. The molecule has 4 unspecified atom stereocenters. The number of hydrogen-bond acceptors (Lipinski definition) is 8. The molecule has 10 nitrogen and oxygen atoms in total. The van der Waals surface area contributed by atoms with Crippen molar-refractivity contribution in [3.05, 3.63) is 75.8 Å². The Bertz CT molecular complexity index is 1210. The maximum absolute atomic E-state index is 14.3. The number of rotatable bonds is 3. The molecule has 0 saturated heterocycles. The van der Waals surface area contributed by atoms with Crippen molar-refractivity contribution in [2.45, 2.75) is 49.9 Å². The van der Waals surface area contributed by atoms with E-state index in [4.69, 9.17) is 9.47 Å². The van der Waals surface area contributed by atoms with Gasteiger partial charge < -0.3 is 14.6 Å². The van der Waals surface area contributed by atoms with E-state index < -0.39 is 57.9 Å². The Morgan fingerprint density at radius 1 is 1.11 bits per heavy atom. The normalized spacial score (nSPS) is 27.6. The van der Waals surface area contributed by atoms with Crippen molar-refractivity contribution in [2.24, 2.45) is 5.92 Å². The number of para-hydroxylation sites is 1. The molecule has 1 spiro atoms. The number of anilines is 1. The second kappa shape index (κ2) is 8.16. The Labute approximate surface area is 201 Å². The Hall–Kier alpha value is -3.79. The second-order valence-electron chi connectivity index (χ2n) is 9.73. The number of esters is 1. The molecule has 2 aromatic rings. The number of hydrogen-bond donors (Lipinski definition) is 1. The fourth-order valence-electron chi connectivity index (χ4n) is 5.44. The van der Waals surface area contributed by atoms with Gasteiger partial charge in [-0.15, -0.1) is 0 Å². The molecule has 184 valence electrons. The van der Waals surface area contributed by atoms with Crippen LogP contribution < -0.4 is 4.90 Å². The largest absolute Gasteiger partial charge is 0.469 e. The number of carbonyl (C=O) groups is 3. The first kappa shape index (κ1) is 24.3. The molecule has 0 aromatic heterocycles. The predicted octanol–water partition coefficient (Wildman–Crippen LogP) is 2.93. The number of carbonyl (C=O) groups excluding carboxylic acids is 3. The Morgan fingerprint density at radius 2 is 1.71 bits per heavy atom. The fourth-order valence-corrected chi connectivity index (χ4v) is 5.44. The van der Waals surface area contributed by atoms with Gasteiger partial charge in [0.15, 0.2) is 0 Å². The average Bonchev–Trinajstić information content (AvgIpc) is 3.24. The molecule has 1 fully saturated rings. The van der Waals surface area contributed by atoms with Gasteiger partial charge >= 0.3 is 12.1 Å². The summed E-state index contributed by atoms with van der Waals surface area (Å²) in [5.41, 5.74) is -4.99. The highest BCUT2D eigenvalue weighted by atomic mass is 16.6. The highest BCUT2D eigenvalue weighted by Crippen LogP contribution is 2.63. The number of nitrogens with zero attached hydrogens (tertiary/aromatic N) is 2. The van der Waals surface area contributed by atoms with E-state index in [9.17, 15) is 29.6 Å². The summed E-state index contributed by atoms with van der Waals surface area (Å²) in [7, 11) is 1.06. The molecule has 1 N–H and O–H groups in total. The lowest BCUT2D eigenvalue weighted by Gasteiger charge is -2.40. The van der Waals surface area contributed by atoms with Crippen LogP contribution in [0.15, 0.2) is 54.6 Å². The lowest BCUT2D eigenvalue weighted by molar-refractivity contribution is -0.528. The van der Waals surface area contributed by atoms with Crippen LogP contribution in [0.5, 0.6) is 0 Å². The van der Waals surface area contributed by atoms with Gasteiger partial charge in [0, 0.05) is 4.92 Å². The van der Waals surface area contributed by atoms with Crippen molar-refractivity contribution in [2.75, 3.05) is 12.0 Å². The molecule has 4 atom stereocenters. The highest BCUT2D eigenvalue weighted by molar-refractivity contribution is 6.23. The van der Waals surface area contributed by atoms with Gasteiger partial charge in [0.05, 0.1) is 19.2 Å². The third kappa shape index (κ3) is 3.39. The molecule has 4 rings (SSSR count). The average molecular weight is 482 g/mol. The van der Waals surface area contributed by atoms with Crippen LogP contribution in [0, 0.1) is 16.0 Å². The van der Waals surface area contributed by atoms with E-state index >= 15 is 0 Å². The highest BCUT2D eigenvalue weighted by Gasteiger charge is 2.79. The summed E-state index contributed by atoms with van der Waals surface area (Å²) >= 11 is 0. The first-order valence-corrected chi connectivity index (χ1v) is 11.1. The van der Waals surface area contributed by atoms with Gasteiger partial charge in [-0.25, -0.2) is 9.69 Å². The number of amides is 2. The zero-order chi connectivity index (χ0) is 25.8. The van der Waals surface area contributed by atoms with Gasteiger partial charge in [-0.3, -0.25) is 19.7 Å². The van der Waals surface area contributed by atoms with Crippen LogP contribution >= 0.6 is 0 Å². The van der Waals surface area contributed by atoms with E-state index in [1.807, 2.05) is 0 Å². The molecular weight excluding hydrogens is 456 g/mol. The maximum Gasteiger partial charge on any atom is 0.421 e. The van der Waals surface area contributed by atoms with Crippen molar-refractivity contribution in [3.8, 4) is 0 Å². The third-order valence-corrected chi connectivity index (χ3v) is 6.67. The van der Waals surface area contributed by atoms with Crippen LogP contribution in [0.3, 0.4) is 0 Å². The number of nitro groups is 1. The lowest BCUT2D eigenvalue weighted by atomic mass is 9.62. The summed E-state index contributed by atoms with van der Waals surface area (Å²) in [6, 6.07) is 12.4. The SMILES string of the molecule is COC(=O)C1C([N+](=O)[O-])CC(O)(c2ccccc2)C12C(=O)N(C(=O)OC(C)(C)C)c1ccccc12. The monoisotopic (exact) mass is 482 g/mol. The number of fused-ring (bicyclic) bond motifs is 2. The van der Waals surface area contributed by atoms with Crippen molar-refractivity contribution in [1.29, 1.82) is 0 Å². The van der Waals surface area contributed by atoms with Crippen LogP contribution in [-0.4, -0.2) is 46.8 Å². The standard InChI is InChI=1S/C25H26N2O8/c1-23(2,3)35-22(30)26-17-13-9-8-12-16(17)25(21(26)29)19(20(28)34-4)18(27(32)33)14-24(25,31)15-10-6-5-7-11-15/h5-13,18-19,31H,14H2,1-4H3. The van der Waals surface area contributed by atoms with Crippen molar-refractivity contribution in [1.82, 2.24) is 0 Å². The summed E-state index contributed by atoms with van der Waals surface area (Å²) in [5.74, 6) is -3.74. The van der Waals surface area contributed by atoms with Crippen LogP contribution in [0.1, 0.15) is 38.3 Å². The minimum atomic E-state index is -2.22. The molecule has 2 aliphatic rings. The van der Waals surface area contributed by atoms with Gasteiger partial charge in [-0.1, -0.05) is 48.5 Å². The molecule has 0 radical (unpaired) electrons. The second-order valence-corrected chi connectivity index (χ2v) is 9.73. The molecule has 1 aliphatic carbocycles. The maximum atomic E-state index is 14.3. The van der Waals surface area contributed by atoms with Crippen molar-refractivity contribution >= 4 is 23.7 Å². The number of ether oxygens (including phenoxy) is 2. The number of benzene rings is 2. The van der Waals surface area contributed by atoms with E-state index in [1.54, 1.807) is 51.1 Å². The summed E-state index contributed by atoms with van der Waals surface area (Å²) in [5, 5.41) is 24.5. The Kier molecular flexibility index (Phi) is 5.67. The van der Waals surface area contributed by atoms with Gasteiger partial charge in [0.1, 0.15) is 22.5 Å². The van der Waals surface area contributed by atoms with Crippen molar-refractivity contribution < 1.29 is 33.9 Å². The Balaban J connectivity index is 2.07. The first-order valence-electron chi connectivity index (χ1n) is 11.1. The summed E-state index contributed by atoms with van der Waals surface area (Å²) in [6.07, 6.45) is -1.57. The summed E-state index contributed by atoms with van der Waals surface area (Å²) < 4.78 is 10.4. The lowest BCUT2D eigenvalue weighted by Crippen LogP contribution is -2.58. The fraction of sp³-hybridized carbons (Fsp3) is 0.400. The molecule has 1 heterocycles. The van der Waals surface area contributed by atoms with Gasteiger partial charge in [0.25, 0.3) is 5.91 Å². The molecular formula is C25H26N2O8. The smallest absolute Gasteiger partial charge is 0.421 e. The van der Waals surface area contributed by atoms with E-state index in [-0.39, 0.29) is 16.8 Å². The summed E-state index contributed by atoms with van der Waals surface area (Å²) in [4.78, 5) is 53.0. The molecule has 1 aliphatic heterocycles. The molecule has 1 saturated carbocycles. The van der Waals surface area contributed by atoms with Crippen LogP contribution in [-0.2, 0) is 30.1 Å². The van der Waals surface area contributed by atoms with Crippen LogP contribution in [0.25, 0.3) is 0 Å². The zero-order valence-electron chi connectivity index (χ0n) is 19.8. The van der Waals surface area contributed by atoms with Crippen LogP contribution in [0.2, 0.25) is 0 Å². The number of methoxy groups -OCH3 is 1. The van der Waals surface area contributed by atoms with Crippen LogP contribution in [0.4, 0.5) is 10.5 Å². The molecule has 2 aromatic carbocycles. The molecule has 10 heteroatoms. The Morgan fingerprint density at radius 3 is 2.29 bits per heavy atom. The van der Waals surface area contributed by atoms with Gasteiger partial charge in [-0.05, 0) is 38.0 Å². The molecule has 35 heavy (non-hydrogen) atoms. The van der Waals surface area contributed by atoms with Gasteiger partial charge in [-0.2, -0.15) is 0 Å². The third-order valence-electron chi connectivity index (χ3n) is 6.67. The van der Waals surface area contributed by atoms with Gasteiger partial charge in [0.2, 0.25) is 6.04 Å². The van der Waals surface area contributed by atoms with E-state index in [0.717, 1.165) is 12.0 Å². The summed E-state index contributed by atoms with van der Waals surface area (Å²) in [6.45, 7) is 4.88. The van der Waals surface area contributed by atoms with E-state index in [2.05, 4.69) is 0 Å². The van der Waals surface area contributed by atoms with Crippen molar-refractivity contribution in [3.63, 3.8) is 0 Å². The zero-order valence-corrected chi connectivity index (χ0v) is 19.8. The first-order chi connectivity index (χ1) is 16.4. The predicted molar refractivity (Wildman–Crippen MR) is 123 cm³/mol. The minimum Gasteiger partial charge on any atom is -0.469 e. The minimum absolute atomic E-state index is 0.0824. The van der Waals surface area contributed by atoms with E-state index in [1.165, 1.54) is 24.3 Å². The number of aliphatic hydroxyl groups is 1. The topological polar surface area (TPSA) is 136 Å².